The Morgan fingerprint density at radius 3 is 2.33 bits per heavy atom. The zero-order valence-electron chi connectivity index (χ0n) is 15.0. The van der Waals surface area contributed by atoms with Crippen molar-refractivity contribution in [2.45, 2.75) is 38.9 Å². The molecule has 0 bridgehead atoms. The Hall–Kier alpha value is -2.84. The number of benzene rings is 1. The first kappa shape index (κ1) is 20.5. The quantitative estimate of drug-likeness (QED) is 0.799. The Balaban J connectivity index is 2.00. The summed E-state index contributed by atoms with van der Waals surface area (Å²) >= 11 is 0. The van der Waals surface area contributed by atoms with E-state index < -0.39 is 29.2 Å². The van der Waals surface area contributed by atoms with E-state index in [0.29, 0.717) is 11.3 Å². The van der Waals surface area contributed by atoms with Crippen LogP contribution in [0.3, 0.4) is 0 Å². The molecule has 0 fully saturated rings. The molecule has 146 valence electrons. The molecule has 0 radical (unpaired) electrons. The molecule has 9 heteroatoms. The Labute approximate surface area is 154 Å². The van der Waals surface area contributed by atoms with Crippen molar-refractivity contribution in [1.82, 2.24) is 9.78 Å². The largest absolute Gasteiger partial charge is 0.479 e. The van der Waals surface area contributed by atoms with Crippen molar-refractivity contribution in [3.05, 3.63) is 47.8 Å². The number of carboxylic acid groups (broad SMARTS) is 1. The molecule has 2 aromatic rings. The average Bonchev–Trinajstić information content (AvgIpc) is 3.03. The van der Waals surface area contributed by atoms with Gasteiger partial charge in [0.15, 0.2) is 5.54 Å². The van der Waals surface area contributed by atoms with Crippen LogP contribution in [-0.4, -0.2) is 26.8 Å². The van der Waals surface area contributed by atoms with Crippen LogP contribution in [0.2, 0.25) is 0 Å². The molecule has 0 saturated carbocycles. The first-order chi connectivity index (χ1) is 12.4. The predicted octanol–water partition coefficient (Wildman–Crippen LogP) is 3.54. The number of alkyl halides is 3. The van der Waals surface area contributed by atoms with Crippen molar-refractivity contribution in [3.8, 4) is 0 Å². The van der Waals surface area contributed by atoms with Gasteiger partial charge in [-0.25, -0.2) is 4.79 Å². The van der Waals surface area contributed by atoms with Crippen LogP contribution in [0.4, 0.5) is 18.9 Å². The average molecular weight is 383 g/mol. The summed E-state index contributed by atoms with van der Waals surface area (Å²) in [7, 11) is 0. The summed E-state index contributed by atoms with van der Waals surface area (Å²) in [5.74, 6) is -1.92. The van der Waals surface area contributed by atoms with Crippen LogP contribution in [0.5, 0.6) is 0 Å². The number of aromatic nitrogens is 2. The van der Waals surface area contributed by atoms with Crippen LogP contribution in [0, 0.1) is 5.92 Å². The lowest BCUT2D eigenvalue weighted by molar-refractivity contribution is -0.146. The second-order valence-corrected chi connectivity index (χ2v) is 6.83. The summed E-state index contributed by atoms with van der Waals surface area (Å²) in [6.07, 6.45) is -1.38. The summed E-state index contributed by atoms with van der Waals surface area (Å²) in [6.45, 7) is 4.60. The standard InChI is InChI=1S/C18H20F3N3O3/c1-11(8-12-4-6-13(7-5-12)18(19,20)21)15(25)23-14-9-22-24(10-14)17(2,3)16(26)27/h4-7,9-11H,8H2,1-3H3,(H,23,25)(H,26,27). The summed E-state index contributed by atoms with van der Waals surface area (Å²) in [5, 5.41) is 15.8. The molecular weight excluding hydrogens is 363 g/mol. The smallest absolute Gasteiger partial charge is 0.416 e. The fraction of sp³-hybridized carbons (Fsp3) is 0.389. The second kappa shape index (κ2) is 7.42. The third-order valence-corrected chi connectivity index (χ3v) is 4.22. The minimum Gasteiger partial charge on any atom is -0.479 e. The van der Waals surface area contributed by atoms with Gasteiger partial charge in [0.25, 0.3) is 0 Å². The van der Waals surface area contributed by atoms with E-state index in [2.05, 4.69) is 10.4 Å². The number of nitrogens with one attached hydrogen (secondary N) is 1. The normalized spacial score (nSPS) is 13.3. The SMILES string of the molecule is CC(Cc1ccc(C(F)(F)F)cc1)C(=O)Nc1cnn(C(C)(C)C(=O)O)c1. The van der Waals surface area contributed by atoms with Crippen LogP contribution >= 0.6 is 0 Å². The highest BCUT2D eigenvalue weighted by molar-refractivity contribution is 5.92. The van der Waals surface area contributed by atoms with E-state index in [0.717, 1.165) is 12.1 Å². The highest BCUT2D eigenvalue weighted by Gasteiger charge is 2.31. The van der Waals surface area contributed by atoms with Crippen LogP contribution in [0.15, 0.2) is 36.7 Å². The van der Waals surface area contributed by atoms with E-state index in [1.165, 1.54) is 43.1 Å². The maximum Gasteiger partial charge on any atom is 0.416 e. The lowest BCUT2D eigenvalue weighted by Gasteiger charge is -2.19. The highest BCUT2D eigenvalue weighted by atomic mass is 19.4. The summed E-state index contributed by atoms with van der Waals surface area (Å²) in [6, 6.07) is 4.66. The molecule has 1 unspecified atom stereocenters. The topological polar surface area (TPSA) is 84.2 Å². The monoisotopic (exact) mass is 383 g/mol. The minimum absolute atomic E-state index is 0.263. The minimum atomic E-state index is -4.40. The molecule has 1 heterocycles. The number of rotatable bonds is 6. The van der Waals surface area contributed by atoms with E-state index in [4.69, 9.17) is 0 Å². The zero-order valence-corrected chi connectivity index (χ0v) is 15.0. The molecule has 0 spiro atoms. The summed E-state index contributed by atoms with van der Waals surface area (Å²) in [4.78, 5) is 23.5. The summed E-state index contributed by atoms with van der Waals surface area (Å²) in [5.41, 5.74) is -1.06. The van der Waals surface area contributed by atoms with Crippen molar-refractivity contribution < 1.29 is 27.9 Å². The van der Waals surface area contributed by atoms with Gasteiger partial charge in [-0.15, -0.1) is 0 Å². The third kappa shape index (κ3) is 4.87. The number of carbonyl (C=O) groups is 2. The molecule has 0 aliphatic heterocycles. The number of anilines is 1. The number of nitrogens with zero attached hydrogens (tertiary/aromatic N) is 2. The van der Waals surface area contributed by atoms with E-state index in [-0.39, 0.29) is 12.3 Å². The van der Waals surface area contributed by atoms with E-state index >= 15 is 0 Å². The Morgan fingerprint density at radius 2 is 1.81 bits per heavy atom. The first-order valence-electron chi connectivity index (χ1n) is 8.17. The molecule has 0 saturated heterocycles. The number of hydrogen-bond donors (Lipinski definition) is 2. The van der Waals surface area contributed by atoms with Gasteiger partial charge in [-0.3, -0.25) is 9.48 Å². The van der Waals surface area contributed by atoms with Crippen LogP contribution in [0.1, 0.15) is 31.9 Å². The van der Waals surface area contributed by atoms with Crippen LogP contribution in [-0.2, 0) is 27.7 Å². The van der Waals surface area contributed by atoms with Crippen LogP contribution < -0.4 is 5.32 Å². The molecule has 2 rings (SSSR count). The van der Waals surface area contributed by atoms with Gasteiger partial charge in [0.2, 0.25) is 5.91 Å². The maximum atomic E-state index is 12.6. The van der Waals surface area contributed by atoms with Gasteiger partial charge in [-0.2, -0.15) is 18.3 Å². The fourth-order valence-corrected chi connectivity index (χ4v) is 2.33. The molecule has 1 amide bonds. The van der Waals surface area contributed by atoms with Gasteiger partial charge in [0.05, 0.1) is 17.4 Å². The molecule has 0 aliphatic rings. The van der Waals surface area contributed by atoms with Crippen molar-refractivity contribution in [2.75, 3.05) is 5.32 Å². The summed E-state index contributed by atoms with van der Waals surface area (Å²) < 4.78 is 39.0. The van der Waals surface area contributed by atoms with E-state index in [1.54, 1.807) is 6.92 Å². The number of hydrogen-bond acceptors (Lipinski definition) is 3. The Morgan fingerprint density at radius 1 is 1.22 bits per heavy atom. The third-order valence-electron chi connectivity index (χ3n) is 4.22. The maximum absolute atomic E-state index is 12.6. The van der Waals surface area contributed by atoms with Gasteiger partial charge < -0.3 is 10.4 Å². The van der Waals surface area contributed by atoms with Gasteiger partial charge in [0.1, 0.15) is 0 Å². The lowest BCUT2D eigenvalue weighted by atomic mass is 9.99. The van der Waals surface area contributed by atoms with Crippen molar-refractivity contribution >= 4 is 17.6 Å². The number of amides is 1. The molecular formula is C18H20F3N3O3. The van der Waals surface area contributed by atoms with Gasteiger partial charge >= 0.3 is 12.1 Å². The molecule has 1 atom stereocenters. The number of halogens is 3. The van der Waals surface area contributed by atoms with Gasteiger partial charge in [-0.1, -0.05) is 19.1 Å². The molecule has 6 nitrogen and oxygen atoms in total. The van der Waals surface area contributed by atoms with E-state index in [1.807, 2.05) is 0 Å². The number of aliphatic carboxylic acids is 1. The van der Waals surface area contributed by atoms with Gasteiger partial charge in [-0.05, 0) is 38.0 Å². The lowest BCUT2D eigenvalue weighted by Crippen LogP contribution is -2.35. The predicted molar refractivity (Wildman–Crippen MR) is 92.1 cm³/mol. The van der Waals surface area contributed by atoms with Crippen LogP contribution in [0.25, 0.3) is 0 Å². The Kier molecular flexibility index (Phi) is 5.62. The second-order valence-electron chi connectivity index (χ2n) is 6.83. The molecule has 27 heavy (non-hydrogen) atoms. The van der Waals surface area contributed by atoms with Gasteiger partial charge in [0, 0.05) is 12.1 Å². The highest BCUT2D eigenvalue weighted by Crippen LogP contribution is 2.29. The van der Waals surface area contributed by atoms with Crippen molar-refractivity contribution in [2.24, 2.45) is 5.92 Å². The van der Waals surface area contributed by atoms with Crippen molar-refractivity contribution in [3.63, 3.8) is 0 Å². The molecule has 1 aromatic carbocycles. The molecule has 2 N–H and O–H groups in total. The van der Waals surface area contributed by atoms with E-state index in [9.17, 15) is 27.9 Å². The zero-order chi connectivity index (χ0) is 20.4. The number of carbonyl (C=O) groups excluding carboxylic acids is 1. The Bertz CT molecular complexity index is 826. The fourth-order valence-electron chi connectivity index (χ4n) is 2.33. The first-order valence-corrected chi connectivity index (χ1v) is 8.17. The number of carboxylic acids is 1. The molecule has 1 aromatic heterocycles. The molecule has 0 aliphatic carbocycles. The van der Waals surface area contributed by atoms with Crippen molar-refractivity contribution in [1.29, 1.82) is 0 Å².